The van der Waals surface area contributed by atoms with Gasteiger partial charge in [0.2, 0.25) is 5.95 Å². The average molecular weight is 507 g/mol. The Kier molecular flexibility index (Phi) is 6.26. The summed E-state index contributed by atoms with van der Waals surface area (Å²) in [5.74, 6) is -4.18. The van der Waals surface area contributed by atoms with Crippen LogP contribution in [-0.4, -0.2) is 34.0 Å². The van der Waals surface area contributed by atoms with Crippen LogP contribution in [0.5, 0.6) is 5.75 Å². The van der Waals surface area contributed by atoms with Crippen molar-refractivity contribution >= 4 is 40.2 Å². The van der Waals surface area contributed by atoms with Crippen LogP contribution in [0, 0.1) is 19.7 Å². The Hall–Kier alpha value is -4.62. The summed E-state index contributed by atoms with van der Waals surface area (Å²) in [6.45, 7) is 3.37. The highest BCUT2D eigenvalue weighted by molar-refractivity contribution is 5.81. The van der Waals surface area contributed by atoms with Crippen molar-refractivity contribution in [3.63, 3.8) is 0 Å². The van der Waals surface area contributed by atoms with E-state index in [-0.39, 0.29) is 44.7 Å². The second-order valence-electron chi connectivity index (χ2n) is 7.47. The number of oxazole rings is 1. The number of benzene rings is 2. The van der Waals surface area contributed by atoms with Crippen LogP contribution in [-0.2, 0) is 4.79 Å². The molecule has 0 aliphatic heterocycles. The van der Waals surface area contributed by atoms with Crippen molar-refractivity contribution in [1.82, 2.24) is 14.7 Å². The van der Waals surface area contributed by atoms with Crippen molar-refractivity contribution < 1.29 is 36.3 Å². The van der Waals surface area contributed by atoms with Gasteiger partial charge in [-0.25, -0.2) is 19.0 Å². The molecule has 0 radical (unpaired) electrons. The van der Waals surface area contributed by atoms with E-state index in [9.17, 15) is 27.2 Å². The SMILES string of the molecule is COc1c(C)ccc(Nc2ncc(C)c(Nc3ccc4oc(=O)n(OC(=O)C(F)(F)F)c4c3)n2)c1F. The Labute approximate surface area is 199 Å². The van der Waals surface area contributed by atoms with E-state index in [1.54, 1.807) is 19.9 Å². The Morgan fingerprint density at radius 2 is 1.86 bits per heavy atom. The molecule has 0 fully saturated rings. The molecule has 36 heavy (non-hydrogen) atoms. The van der Waals surface area contributed by atoms with Crippen molar-refractivity contribution in [2.75, 3.05) is 17.7 Å². The molecular weight excluding hydrogens is 490 g/mol. The van der Waals surface area contributed by atoms with E-state index in [1.807, 2.05) is 0 Å². The first-order chi connectivity index (χ1) is 17.0. The first kappa shape index (κ1) is 24.5. The number of anilines is 4. The van der Waals surface area contributed by atoms with Gasteiger partial charge in [-0.2, -0.15) is 18.2 Å². The number of hydrogen-bond donors (Lipinski definition) is 2. The summed E-state index contributed by atoms with van der Waals surface area (Å²) in [6, 6.07) is 7.13. The highest BCUT2D eigenvalue weighted by atomic mass is 19.4. The Morgan fingerprint density at radius 3 is 2.56 bits per heavy atom. The lowest BCUT2D eigenvalue weighted by Crippen LogP contribution is -2.36. The summed E-state index contributed by atoms with van der Waals surface area (Å²) >= 11 is 0. The number of hydrogen-bond acceptors (Lipinski definition) is 9. The third-order valence-electron chi connectivity index (χ3n) is 4.93. The van der Waals surface area contributed by atoms with Gasteiger partial charge in [0.15, 0.2) is 17.1 Å². The smallest absolute Gasteiger partial charge is 0.493 e. The Morgan fingerprint density at radius 1 is 1.11 bits per heavy atom. The molecule has 2 heterocycles. The number of aryl methyl sites for hydroxylation is 2. The fourth-order valence-corrected chi connectivity index (χ4v) is 3.18. The molecule has 0 spiro atoms. The van der Waals surface area contributed by atoms with E-state index in [4.69, 9.17) is 9.15 Å². The van der Waals surface area contributed by atoms with Crippen molar-refractivity contribution in [2.45, 2.75) is 20.0 Å². The van der Waals surface area contributed by atoms with E-state index < -0.39 is 23.7 Å². The number of fused-ring (bicyclic) bond motifs is 1. The number of methoxy groups -OCH3 is 1. The molecule has 0 bridgehead atoms. The zero-order chi connectivity index (χ0) is 26.2. The molecule has 2 N–H and O–H groups in total. The van der Waals surface area contributed by atoms with Crippen molar-refractivity contribution in [3.8, 4) is 5.75 Å². The third-order valence-corrected chi connectivity index (χ3v) is 4.93. The predicted octanol–water partition coefficient (Wildman–Crippen LogP) is 4.15. The molecule has 2 aromatic carbocycles. The summed E-state index contributed by atoms with van der Waals surface area (Å²) in [5, 5.41) is 5.69. The van der Waals surface area contributed by atoms with Gasteiger partial charge < -0.3 is 24.6 Å². The first-order valence-electron chi connectivity index (χ1n) is 10.1. The van der Waals surface area contributed by atoms with Crippen LogP contribution in [0.4, 0.5) is 40.7 Å². The summed E-state index contributed by atoms with van der Waals surface area (Å²) in [7, 11) is 1.35. The topological polar surface area (TPSA) is 121 Å². The lowest BCUT2D eigenvalue weighted by molar-refractivity contribution is -0.200. The number of ether oxygens (including phenoxy) is 1. The normalized spacial score (nSPS) is 11.4. The van der Waals surface area contributed by atoms with E-state index in [0.29, 0.717) is 11.1 Å². The Balaban J connectivity index is 1.64. The summed E-state index contributed by atoms with van der Waals surface area (Å²) in [5.41, 5.74) is 1.14. The average Bonchev–Trinajstić information content (AvgIpc) is 3.12. The van der Waals surface area contributed by atoms with Gasteiger partial charge in [0.05, 0.1) is 12.8 Å². The minimum Gasteiger partial charge on any atom is -0.493 e. The Bertz CT molecular complexity index is 1530. The lowest BCUT2D eigenvalue weighted by Gasteiger charge is -2.13. The van der Waals surface area contributed by atoms with Crippen LogP contribution < -0.4 is 26.0 Å². The van der Waals surface area contributed by atoms with Gasteiger partial charge in [0, 0.05) is 17.4 Å². The number of nitrogens with one attached hydrogen (secondary N) is 2. The molecule has 0 unspecified atom stereocenters. The molecule has 188 valence electrons. The molecule has 2 aromatic heterocycles. The molecule has 0 aliphatic rings. The fraction of sp³-hybridized carbons (Fsp3) is 0.182. The molecule has 0 atom stereocenters. The molecule has 0 amide bonds. The van der Waals surface area contributed by atoms with Gasteiger partial charge in [0.25, 0.3) is 0 Å². The van der Waals surface area contributed by atoms with Crippen LogP contribution in [0.15, 0.2) is 45.7 Å². The van der Waals surface area contributed by atoms with Gasteiger partial charge >= 0.3 is 17.9 Å². The quantitative estimate of drug-likeness (QED) is 0.371. The van der Waals surface area contributed by atoms with Crippen LogP contribution in [0.25, 0.3) is 11.1 Å². The maximum Gasteiger partial charge on any atom is 0.493 e. The molecule has 0 saturated heterocycles. The molecular formula is C22H17F4N5O5. The van der Waals surface area contributed by atoms with Crippen molar-refractivity contribution in [3.05, 3.63) is 64.0 Å². The molecule has 0 aliphatic carbocycles. The summed E-state index contributed by atoms with van der Waals surface area (Å²) < 4.78 is 62.4. The standard InChI is InChI=1S/C22H17F4N5O5/c1-10-4-6-13(16(23)17(10)34-3)29-20-27-9-11(2)18(30-20)28-12-5-7-15-14(8-12)31(21(33)35-15)36-19(32)22(24,25)26/h4-9H,1-3H3,(H2,27,28,29,30). The monoisotopic (exact) mass is 507 g/mol. The predicted molar refractivity (Wildman–Crippen MR) is 119 cm³/mol. The molecule has 10 nitrogen and oxygen atoms in total. The number of alkyl halides is 3. The summed E-state index contributed by atoms with van der Waals surface area (Å²) in [4.78, 5) is 35.7. The van der Waals surface area contributed by atoms with E-state index in [0.717, 1.165) is 0 Å². The molecule has 4 aromatic rings. The highest BCUT2D eigenvalue weighted by Crippen LogP contribution is 2.30. The van der Waals surface area contributed by atoms with Crippen LogP contribution in [0.3, 0.4) is 0 Å². The van der Waals surface area contributed by atoms with Gasteiger partial charge in [-0.1, -0.05) is 10.8 Å². The highest BCUT2D eigenvalue weighted by Gasteiger charge is 2.42. The summed E-state index contributed by atoms with van der Waals surface area (Å²) in [6.07, 6.45) is -3.86. The van der Waals surface area contributed by atoms with E-state index in [2.05, 4.69) is 25.4 Å². The zero-order valence-corrected chi connectivity index (χ0v) is 18.9. The largest absolute Gasteiger partial charge is 0.493 e. The number of aromatic nitrogens is 3. The fourth-order valence-electron chi connectivity index (χ4n) is 3.18. The molecule has 0 saturated carbocycles. The minimum atomic E-state index is -5.32. The third kappa shape index (κ3) is 4.78. The minimum absolute atomic E-state index is 0.0355. The van der Waals surface area contributed by atoms with Crippen LogP contribution in [0.2, 0.25) is 0 Å². The van der Waals surface area contributed by atoms with E-state index >= 15 is 0 Å². The van der Waals surface area contributed by atoms with Gasteiger partial charge in [-0.15, -0.1) is 0 Å². The van der Waals surface area contributed by atoms with Crippen molar-refractivity contribution in [2.24, 2.45) is 0 Å². The first-order valence-corrected chi connectivity index (χ1v) is 10.1. The molecule has 14 heteroatoms. The van der Waals surface area contributed by atoms with Gasteiger partial charge in [-0.3, -0.25) is 0 Å². The van der Waals surface area contributed by atoms with Gasteiger partial charge in [0.1, 0.15) is 11.3 Å². The maximum absolute atomic E-state index is 14.7. The second kappa shape index (κ2) is 9.20. The van der Waals surface area contributed by atoms with E-state index in [1.165, 1.54) is 37.6 Å². The maximum atomic E-state index is 14.7. The lowest BCUT2D eigenvalue weighted by atomic mass is 10.2. The zero-order valence-electron chi connectivity index (χ0n) is 18.9. The van der Waals surface area contributed by atoms with Crippen molar-refractivity contribution in [1.29, 1.82) is 0 Å². The van der Waals surface area contributed by atoms with Gasteiger partial charge in [-0.05, 0) is 43.7 Å². The van der Waals surface area contributed by atoms with Crippen LogP contribution >= 0.6 is 0 Å². The number of rotatable bonds is 6. The second-order valence-corrected chi connectivity index (χ2v) is 7.47. The van der Waals surface area contributed by atoms with Crippen LogP contribution in [0.1, 0.15) is 11.1 Å². The number of carbonyl (C=O) groups excluding carboxylic acids is 1. The number of carbonyl (C=O) groups is 1. The number of halogens is 4. The number of nitrogens with zero attached hydrogens (tertiary/aromatic N) is 3. The molecule has 4 rings (SSSR count).